The molecule has 0 aromatic carbocycles. The SMILES string of the molecule is c1nc2c3c4c(sc3nc(NC[C@@H]3CCCO3)n2n1)CCC4. The number of hydrogen-bond donors (Lipinski definition) is 1. The number of hydrogen-bond acceptors (Lipinski definition) is 6. The number of aryl methyl sites for hydroxylation is 2. The minimum Gasteiger partial charge on any atom is -0.376 e. The average molecular weight is 315 g/mol. The standard InChI is InChI=1S/C15H17N5OS/c1-4-10-11(5-1)22-14-12(10)13-17-8-18-20(13)15(19-14)16-7-9-3-2-6-21-9/h8-9H,1-7H2,(H,16,19)/t9-/m0/s1. The number of nitrogens with zero attached hydrogens (tertiary/aromatic N) is 4. The first-order valence-corrected chi connectivity index (χ1v) is 8.71. The summed E-state index contributed by atoms with van der Waals surface area (Å²) in [5.74, 6) is 0.774. The summed E-state index contributed by atoms with van der Waals surface area (Å²) in [7, 11) is 0. The summed E-state index contributed by atoms with van der Waals surface area (Å²) in [6, 6.07) is 0. The maximum Gasteiger partial charge on any atom is 0.227 e. The minimum absolute atomic E-state index is 0.282. The van der Waals surface area contributed by atoms with Gasteiger partial charge in [-0.1, -0.05) is 0 Å². The Morgan fingerprint density at radius 1 is 1.36 bits per heavy atom. The molecular weight excluding hydrogens is 298 g/mol. The maximum absolute atomic E-state index is 5.67. The molecule has 7 heteroatoms. The van der Waals surface area contributed by atoms with E-state index in [0.717, 1.165) is 48.8 Å². The van der Waals surface area contributed by atoms with E-state index in [-0.39, 0.29) is 6.10 Å². The third-order valence-electron chi connectivity index (χ3n) is 4.59. The molecule has 22 heavy (non-hydrogen) atoms. The van der Waals surface area contributed by atoms with E-state index in [1.165, 1.54) is 28.7 Å². The van der Waals surface area contributed by atoms with E-state index in [4.69, 9.17) is 9.72 Å². The minimum atomic E-state index is 0.282. The Bertz CT molecular complexity index is 848. The molecule has 4 heterocycles. The summed E-state index contributed by atoms with van der Waals surface area (Å²) < 4.78 is 7.51. The molecule has 1 aliphatic heterocycles. The van der Waals surface area contributed by atoms with Crippen LogP contribution in [-0.2, 0) is 17.6 Å². The first-order chi connectivity index (χ1) is 10.9. The largest absolute Gasteiger partial charge is 0.376 e. The van der Waals surface area contributed by atoms with Gasteiger partial charge in [0.2, 0.25) is 5.95 Å². The normalized spacial score (nSPS) is 21.0. The van der Waals surface area contributed by atoms with Crippen LogP contribution in [-0.4, -0.2) is 38.8 Å². The number of ether oxygens (including phenoxy) is 1. The molecule has 1 fully saturated rings. The van der Waals surface area contributed by atoms with Crippen LogP contribution in [0, 0.1) is 0 Å². The highest BCUT2D eigenvalue weighted by atomic mass is 32.1. The van der Waals surface area contributed by atoms with Crippen molar-refractivity contribution in [2.75, 3.05) is 18.5 Å². The van der Waals surface area contributed by atoms with Crippen LogP contribution in [0.4, 0.5) is 5.95 Å². The van der Waals surface area contributed by atoms with Crippen molar-refractivity contribution in [1.82, 2.24) is 19.6 Å². The molecular formula is C15H17N5OS. The van der Waals surface area contributed by atoms with Gasteiger partial charge in [-0.15, -0.1) is 11.3 Å². The van der Waals surface area contributed by atoms with Crippen molar-refractivity contribution in [1.29, 1.82) is 0 Å². The third kappa shape index (κ3) is 1.85. The molecule has 3 aromatic rings. The van der Waals surface area contributed by atoms with E-state index in [9.17, 15) is 0 Å². The predicted molar refractivity (Wildman–Crippen MR) is 85.7 cm³/mol. The summed E-state index contributed by atoms with van der Waals surface area (Å²) in [4.78, 5) is 11.9. The molecule has 0 amide bonds. The van der Waals surface area contributed by atoms with Gasteiger partial charge in [0.05, 0.1) is 11.5 Å². The first kappa shape index (κ1) is 12.8. The Morgan fingerprint density at radius 3 is 3.27 bits per heavy atom. The fourth-order valence-corrected chi connectivity index (χ4v) is 4.79. The molecule has 1 atom stereocenters. The third-order valence-corrected chi connectivity index (χ3v) is 5.78. The highest BCUT2D eigenvalue weighted by Gasteiger charge is 2.23. The number of thiophene rings is 1. The van der Waals surface area contributed by atoms with Gasteiger partial charge in [0, 0.05) is 18.0 Å². The van der Waals surface area contributed by atoms with Gasteiger partial charge in [-0.05, 0) is 37.7 Å². The molecule has 2 aliphatic rings. The fourth-order valence-electron chi connectivity index (χ4n) is 3.53. The van der Waals surface area contributed by atoms with Crippen molar-refractivity contribution in [2.24, 2.45) is 0 Å². The van der Waals surface area contributed by atoms with Crippen molar-refractivity contribution in [3.05, 3.63) is 16.8 Å². The van der Waals surface area contributed by atoms with Crippen molar-refractivity contribution in [3.63, 3.8) is 0 Å². The molecule has 0 radical (unpaired) electrons. The molecule has 1 saturated heterocycles. The smallest absolute Gasteiger partial charge is 0.227 e. The van der Waals surface area contributed by atoms with E-state index in [0.29, 0.717) is 0 Å². The van der Waals surface area contributed by atoms with Crippen LogP contribution in [0.1, 0.15) is 29.7 Å². The second-order valence-electron chi connectivity index (χ2n) is 5.98. The van der Waals surface area contributed by atoms with Crippen LogP contribution in [0.2, 0.25) is 0 Å². The van der Waals surface area contributed by atoms with E-state index >= 15 is 0 Å². The lowest BCUT2D eigenvalue weighted by molar-refractivity contribution is 0.120. The zero-order chi connectivity index (χ0) is 14.5. The van der Waals surface area contributed by atoms with E-state index in [1.54, 1.807) is 6.33 Å². The monoisotopic (exact) mass is 315 g/mol. The summed E-state index contributed by atoms with van der Waals surface area (Å²) in [5, 5.41) is 8.97. The molecule has 0 unspecified atom stereocenters. The van der Waals surface area contributed by atoms with Gasteiger partial charge in [-0.25, -0.2) is 9.97 Å². The van der Waals surface area contributed by atoms with Crippen LogP contribution in [0.25, 0.3) is 15.9 Å². The second kappa shape index (κ2) is 4.89. The molecule has 0 bridgehead atoms. The molecule has 114 valence electrons. The van der Waals surface area contributed by atoms with Gasteiger partial charge in [-0.2, -0.15) is 9.61 Å². The molecule has 5 rings (SSSR count). The van der Waals surface area contributed by atoms with E-state index < -0.39 is 0 Å². The van der Waals surface area contributed by atoms with Gasteiger partial charge >= 0.3 is 0 Å². The van der Waals surface area contributed by atoms with Gasteiger partial charge in [0.15, 0.2) is 5.65 Å². The van der Waals surface area contributed by atoms with E-state index in [2.05, 4.69) is 15.4 Å². The topological polar surface area (TPSA) is 64.3 Å². The van der Waals surface area contributed by atoms with E-state index in [1.807, 2.05) is 15.9 Å². The molecule has 0 spiro atoms. The summed E-state index contributed by atoms with van der Waals surface area (Å²) in [6.45, 7) is 1.65. The Labute approximate surface area is 131 Å². The molecule has 0 saturated carbocycles. The number of anilines is 1. The zero-order valence-electron chi connectivity index (χ0n) is 12.2. The lowest BCUT2D eigenvalue weighted by Crippen LogP contribution is -2.20. The Kier molecular flexibility index (Phi) is 2.84. The number of fused-ring (bicyclic) bond motifs is 5. The number of nitrogens with one attached hydrogen (secondary N) is 1. The lowest BCUT2D eigenvalue weighted by atomic mass is 10.2. The Balaban J connectivity index is 1.59. The Hall–Kier alpha value is -1.73. The fraction of sp³-hybridized carbons (Fsp3) is 0.533. The molecule has 1 N–H and O–H groups in total. The van der Waals surface area contributed by atoms with Gasteiger partial charge in [0.25, 0.3) is 0 Å². The van der Waals surface area contributed by atoms with Crippen molar-refractivity contribution in [2.45, 2.75) is 38.2 Å². The summed E-state index contributed by atoms with van der Waals surface area (Å²) in [5.41, 5.74) is 2.37. The van der Waals surface area contributed by atoms with Crippen LogP contribution >= 0.6 is 11.3 Å². The first-order valence-electron chi connectivity index (χ1n) is 7.89. The van der Waals surface area contributed by atoms with Crippen LogP contribution in [0.3, 0.4) is 0 Å². The van der Waals surface area contributed by atoms with Crippen molar-refractivity contribution in [3.8, 4) is 0 Å². The second-order valence-corrected chi connectivity index (χ2v) is 7.07. The van der Waals surface area contributed by atoms with Gasteiger partial charge < -0.3 is 10.1 Å². The Morgan fingerprint density at radius 2 is 2.36 bits per heavy atom. The average Bonchev–Trinajstić information content (AvgIpc) is 3.26. The molecule has 3 aromatic heterocycles. The predicted octanol–water partition coefficient (Wildman–Crippen LogP) is 2.42. The van der Waals surface area contributed by atoms with Crippen LogP contribution in [0.5, 0.6) is 0 Å². The van der Waals surface area contributed by atoms with Crippen LogP contribution < -0.4 is 5.32 Å². The summed E-state index contributed by atoms with van der Waals surface area (Å²) in [6.07, 6.45) is 7.73. The highest BCUT2D eigenvalue weighted by Crippen LogP contribution is 2.38. The maximum atomic E-state index is 5.67. The number of rotatable bonds is 3. The van der Waals surface area contributed by atoms with Gasteiger partial charge in [-0.3, -0.25) is 0 Å². The lowest BCUT2D eigenvalue weighted by Gasteiger charge is -2.12. The molecule has 1 aliphatic carbocycles. The van der Waals surface area contributed by atoms with Gasteiger partial charge in [0.1, 0.15) is 11.2 Å². The zero-order valence-corrected chi connectivity index (χ0v) is 13.0. The molecule has 6 nitrogen and oxygen atoms in total. The van der Waals surface area contributed by atoms with Crippen LogP contribution in [0.15, 0.2) is 6.33 Å². The number of aromatic nitrogens is 4. The van der Waals surface area contributed by atoms with Crippen molar-refractivity contribution >= 4 is 33.1 Å². The highest BCUT2D eigenvalue weighted by molar-refractivity contribution is 7.19. The summed E-state index contributed by atoms with van der Waals surface area (Å²) >= 11 is 1.81. The van der Waals surface area contributed by atoms with Crippen molar-refractivity contribution < 1.29 is 4.74 Å². The quantitative estimate of drug-likeness (QED) is 0.804.